The Morgan fingerprint density at radius 3 is 2.94 bits per heavy atom. The van der Waals surface area contributed by atoms with Crippen molar-refractivity contribution in [1.82, 2.24) is 10.2 Å². The summed E-state index contributed by atoms with van der Waals surface area (Å²) >= 11 is 0. The normalized spacial score (nSPS) is 29.9. The van der Waals surface area contributed by atoms with Gasteiger partial charge in [-0.2, -0.15) is 0 Å². The highest BCUT2D eigenvalue weighted by Crippen LogP contribution is 2.21. The van der Waals surface area contributed by atoms with E-state index in [9.17, 15) is 4.39 Å². The summed E-state index contributed by atoms with van der Waals surface area (Å²) in [4.78, 5) is 2.47. The number of piperazine rings is 1. The lowest BCUT2D eigenvalue weighted by Crippen LogP contribution is -2.57. The van der Waals surface area contributed by atoms with Gasteiger partial charge in [0.05, 0.1) is 13.2 Å². The molecule has 0 spiro atoms. The fourth-order valence-electron chi connectivity index (χ4n) is 2.61. The van der Waals surface area contributed by atoms with Crippen molar-refractivity contribution in [2.45, 2.75) is 12.1 Å². The average molecular weight is 236 g/mol. The maximum Gasteiger partial charge on any atom is 0.123 e. The minimum Gasteiger partial charge on any atom is -0.378 e. The van der Waals surface area contributed by atoms with Crippen molar-refractivity contribution >= 4 is 0 Å². The molecule has 2 fully saturated rings. The number of halogens is 1. The molecule has 2 heterocycles. The molecule has 2 saturated heterocycles. The van der Waals surface area contributed by atoms with Gasteiger partial charge in [-0.05, 0) is 17.7 Å². The van der Waals surface area contributed by atoms with Crippen LogP contribution in [0.4, 0.5) is 4.39 Å². The molecule has 2 unspecified atom stereocenters. The summed E-state index contributed by atoms with van der Waals surface area (Å²) in [7, 11) is 0. The molecule has 0 radical (unpaired) electrons. The smallest absolute Gasteiger partial charge is 0.123 e. The van der Waals surface area contributed by atoms with Crippen LogP contribution in [0.3, 0.4) is 0 Å². The molecule has 17 heavy (non-hydrogen) atoms. The third kappa shape index (κ3) is 2.34. The summed E-state index contributed by atoms with van der Waals surface area (Å²) in [5, 5.41) is 3.51. The maximum atomic E-state index is 12.9. The van der Waals surface area contributed by atoms with Crippen molar-refractivity contribution in [2.75, 3.05) is 32.8 Å². The summed E-state index contributed by atoms with van der Waals surface area (Å²) in [5.74, 6) is -0.172. The first kappa shape index (κ1) is 11.1. The predicted molar refractivity (Wildman–Crippen MR) is 63.3 cm³/mol. The van der Waals surface area contributed by atoms with E-state index in [1.807, 2.05) is 12.1 Å². The van der Waals surface area contributed by atoms with Crippen LogP contribution in [-0.2, 0) is 4.74 Å². The van der Waals surface area contributed by atoms with Crippen molar-refractivity contribution in [1.29, 1.82) is 0 Å². The van der Waals surface area contributed by atoms with Gasteiger partial charge in [0.1, 0.15) is 5.82 Å². The fraction of sp³-hybridized carbons (Fsp3) is 0.538. The zero-order valence-corrected chi connectivity index (χ0v) is 9.73. The summed E-state index contributed by atoms with van der Waals surface area (Å²) in [5.41, 5.74) is 1.16. The number of nitrogens with zero attached hydrogens (tertiary/aromatic N) is 1. The first-order chi connectivity index (χ1) is 8.33. The SMILES string of the molecule is Fc1ccc(C2CN3CCOCC3CN2)cc1. The minimum atomic E-state index is -0.172. The van der Waals surface area contributed by atoms with Gasteiger partial charge in [0.2, 0.25) is 0 Å². The highest BCUT2D eigenvalue weighted by atomic mass is 19.1. The summed E-state index contributed by atoms with van der Waals surface area (Å²) in [6.45, 7) is 4.58. The number of rotatable bonds is 1. The Balaban J connectivity index is 1.71. The summed E-state index contributed by atoms with van der Waals surface area (Å²) < 4.78 is 18.3. The Kier molecular flexibility index (Phi) is 3.09. The largest absolute Gasteiger partial charge is 0.378 e. The number of nitrogens with one attached hydrogen (secondary N) is 1. The lowest BCUT2D eigenvalue weighted by Gasteiger charge is -2.43. The molecule has 0 bridgehead atoms. The highest BCUT2D eigenvalue weighted by Gasteiger charge is 2.30. The van der Waals surface area contributed by atoms with Crippen molar-refractivity contribution in [2.24, 2.45) is 0 Å². The number of hydrogen-bond acceptors (Lipinski definition) is 3. The van der Waals surface area contributed by atoms with Crippen LogP contribution in [0.25, 0.3) is 0 Å². The van der Waals surface area contributed by atoms with Crippen molar-refractivity contribution < 1.29 is 9.13 Å². The van der Waals surface area contributed by atoms with Gasteiger partial charge in [-0.3, -0.25) is 4.90 Å². The topological polar surface area (TPSA) is 24.5 Å². The van der Waals surface area contributed by atoms with Gasteiger partial charge in [0, 0.05) is 31.7 Å². The lowest BCUT2D eigenvalue weighted by molar-refractivity contribution is -0.0263. The predicted octanol–water partition coefficient (Wildman–Crippen LogP) is 1.17. The van der Waals surface area contributed by atoms with Gasteiger partial charge in [-0.15, -0.1) is 0 Å². The molecule has 3 nitrogen and oxygen atoms in total. The van der Waals surface area contributed by atoms with E-state index < -0.39 is 0 Å². The molecule has 0 saturated carbocycles. The van der Waals surface area contributed by atoms with E-state index in [-0.39, 0.29) is 5.82 Å². The van der Waals surface area contributed by atoms with Crippen LogP contribution < -0.4 is 5.32 Å². The number of fused-ring (bicyclic) bond motifs is 1. The van der Waals surface area contributed by atoms with Crippen LogP contribution in [0, 0.1) is 5.82 Å². The average Bonchev–Trinajstić information content (AvgIpc) is 2.39. The molecule has 92 valence electrons. The van der Waals surface area contributed by atoms with Gasteiger partial charge in [0.25, 0.3) is 0 Å². The van der Waals surface area contributed by atoms with E-state index in [1.165, 1.54) is 12.1 Å². The minimum absolute atomic E-state index is 0.172. The molecule has 1 aromatic carbocycles. The van der Waals surface area contributed by atoms with E-state index in [2.05, 4.69) is 10.2 Å². The zero-order valence-electron chi connectivity index (χ0n) is 9.73. The Bertz CT molecular complexity index is 382. The van der Waals surface area contributed by atoms with Crippen LogP contribution in [0.2, 0.25) is 0 Å². The first-order valence-corrected chi connectivity index (χ1v) is 6.13. The molecule has 0 aliphatic carbocycles. The number of benzene rings is 1. The molecule has 2 atom stereocenters. The third-order valence-corrected chi connectivity index (χ3v) is 3.64. The molecule has 0 aromatic heterocycles. The van der Waals surface area contributed by atoms with Crippen LogP contribution >= 0.6 is 0 Å². The van der Waals surface area contributed by atoms with Crippen molar-refractivity contribution in [3.63, 3.8) is 0 Å². The maximum absolute atomic E-state index is 12.9. The van der Waals surface area contributed by atoms with E-state index in [4.69, 9.17) is 4.74 Å². The van der Waals surface area contributed by atoms with Crippen LogP contribution in [0.5, 0.6) is 0 Å². The quantitative estimate of drug-likeness (QED) is 0.792. The number of hydrogen-bond donors (Lipinski definition) is 1. The van der Waals surface area contributed by atoms with Crippen LogP contribution in [-0.4, -0.2) is 43.8 Å². The van der Waals surface area contributed by atoms with Gasteiger partial charge in [-0.25, -0.2) is 4.39 Å². The van der Waals surface area contributed by atoms with Crippen molar-refractivity contribution in [3.05, 3.63) is 35.6 Å². The second-order valence-corrected chi connectivity index (χ2v) is 4.74. The molecule has 4 heteroatoms. The first-order valence-electron chi connectivity index (χ1n) is 6.13. The Morgan fingerprint density at radius 2 is 2.12 bits per heavy atom. The van der Waals surface area contributed by atoms with E-state index in [1.54, 1.807) is 0 Å². The van der Waals surface area contributed by atoms with Crippen LogP contribution in [0.15, 0.2) is 24.3 Å². The molecule has 1 aromatic rings. The van der Waals surface area contributed by atoms with Crippen molar-refractivity contribution in [3.8, 4) is 0 Å². The van der Waals surface area contributed by atoms with E-state index in [0.29, 0.717) is 12.1 Å². The van der Waals surface area contributed by atoms with E-state index in [0.717, 1.165) is 38.4 Å². The lowest BCUT2D eigenvalue weighted by atomic mass is 10.0. The molecule has 2 aliphatic heterocycles. The Morgan fingerprint density at radius 1 is 1.29 bits per heavy atom. The highest BCUT2D eigenvalue weighted by molar-refractivity contribution is 5.21. The standard InChI is InChI=1S/C13H17FN2O/c14-11-3-1-10(2-4-11)13-8-16-5-6-17-9-12(16)7-15-13/h1-4,12-13,15H,5-9H2. The number of morpholine rings is 1. The second-order valence-electron chi connectivity index (χ2n) is 4.74. The van der Waals surface area contributed by atoms with Gasteiger partial charge in [-0.1, -0.05) is 12.1 Å². The molecular formula is C13H17FN2O. The van der Waals surface area contributed by atoms with Gasteiger partial charge < -0.3 is 10.1 Å². The molecular weight excluding hydrogens is 219 g/mol. The Labute approximate surface area is 101 Å². The molecule has 1 N–H and O–H groups in total. The third-order valence-electron chi connectivity index (χ3n) is 3.64. The second kappa shape index (κ2) is 4.72. The van der Waals surface area contributed by atoms with Gasteiger partial charge >= 0.3 is 0 Å². The monoisotopic (exact) mass is 236 g/mol. The Hall–Kier alpha value is -0.970. The fourth-order valence-corrected chi connectivity index (χ4v) is 2.61. The molecule has 3 rings (SSSR count). The molecule has 2 aliphatic rings. The zero-order chi connectivity index (χ0) is 11.7. The van der Waals surface area contributed by atoms with E-state index >= 15 is 0 Å². The summed E-state index contributed by atoms with van der Waals surface area (Å²) in [6.07, 6.45) is 0. The van der Waals surface area contributed by atoms with Gasteiger partial charge in [0.15, 0.2) is 0 Å². The van der Waals surface area contributed by atoms with Crippen LogP contribution in [0.1, 0.15) is 11.6 Å². The molecule has 0 amide bonds. The number of ether oxygens (including phenoxy) is 1. The summed E-state index contributed by atoms with van der Waals surface area (Å²) in [6, 6.07) is 7.61.